The van der Waals surface area contributed by atoms with Crippen molar-refractivity contribution in [1.29, 1.82) is 0 Å². The Morgan fingerprint density at radius 1 is 0.897 bits per heavy atom. The first-order chi connectivity index (χ1) is 13.9. The maximum atomic E-state index is 13.1. The van der Waals surface area contributed by atoms with E-state index in [1.54, 1.807) is 18.2 Å². The number of rotatable bonds is 4. The molecule has 1 aliphatic heterocycles. The second-order valence-electron chi connectivity index (χ2n) is 6.79. The van der Waals surface area contributed by atoms with Crippen LogP contribution in [0.15, 0.2) is 65.6 Å². The number of non-ortho nitro benzene ring substituents is 1. The lowest BCUT2D eigenvalue weighted by molar-refractivity contribution is -0.384. The Bertz CT molecular complexity index is 1190. The summed E-state index contributed by atoms with van der Waals surface area (Å²) in [7, 11) is -3.60. The molecule has 0 spiro atoms. The minimum absolute atomic E-state index is 0.0729. The highest BCUT2D eigenvalue weighted by Crippen LogP contribution is 2.31. The number of hydrogen-bond acceptors (Lipinski definition) is 5. The van der Waals surface area contributed by atoms with E-state index in [1.165, 1.54) is 16.4 Å². The van der Waals surface area contributed by atoms with Gasteiger partial charge in [-0.25, -0.2) is 8.42 Å². The number of nitro benzene ring substituents is 1. The average Bonchev–Trinajstić information content (AvgIpc) is 2.73. The lowest BCUT2D eigenvalue weighted by Gasteiger charge is -2.35. The Morgan fingerprint density at radius 3 is 2.24 bits per heavy atom. The molecule has 9 heteroatoms. The van der Waals surface area contributed by atoms with E-state index in [4.69, 9.17) is 11.6 Å². The van der Waals surface area contributed by atoms with Crippen molar-refractivity contribution in [3.8, 4) is 0 Å². The predicted octanol–water partition coefficient (Wildman–Crippen LogP) is 3.91. The van der Waals surface area contributed by atoms with E-state index in [1.807, 2.05) is 35.2 Å². The molecule has 1 aliphatic rings. The van der Waals surface area contributed by atoms with Crippen molar-refractivity contribution in [1.82, 2.24) is 4.31 Å². The van der Waals surface area contributed by atoms with Gasteiger partial charge >= 0.3 is 0 Å². The van der Waals surface area contributed by atoms with E-state index in [-0.39, 0.29) is 15.6 Å². The third-order valence-electron chi connectivity index (χ3n) is 5.08. The molecule has 0 N–H and O–H groups in total. The maximum absolute atomic E-state index is 13.1. The topological polar surface area (TPSA) is 83.8 Å². The van der Waals surface area contributed by atoms with Crippen LogP contribution in [-0.4, -0.2) is 43.8 Å². The smallest absolute Gasteiger partial charge is 0.271 e. The normalized spacial score (nSPS) is 15.6. The van der Waals surface area contributed by atoms with E-state index >= 15 is 0 Å². The molecule has 0 amide bonds. The molecule has 0 radical (unpaired) electrons. The zero-order valence-electron chi connectivity index (χ0n) is 15.4. The fraction of sp³-hybridized carbons (Fsp3) is 0.200. The van der Waals surface area contributed by atoms with Crippen LogP contribution in [0.4, 0.5) is 11.4 Å². The molecular formula is C20H18ClN3O4S. The van der Waals surface area contributed by atoms with Crippen molar-refractivity contribution in [2.24, 2.45) is 0 Å². The molecule has 1 fully saturated rings. The molecule has 0 atom stereocenters. The molecule has 4 rings (SSSR count). The number of fused-ring (bicyclic) bond motifs is 1. The van der Waals surface area contributed by atoms with E-state index < -0.39 is 14.9 Å². The van der Waals surface area contributed by atoms with Crippen molar-refractivity contribution in [2.75, 3.05) is 31.1 Å². The summed E-state index contributed by atoms with van der Waals surface area (Å²) in [6, 6.07) is 17.1. The van der Waals surface area contributed by atoms with Crippen molar-refractivity contribution >= 4 is 43.8 Å². The van der Waals surface area contributed by atoms with Crippen LogP contribution >= 0.6 is 11.6 Å². The van der Waals surface area contributed by atoms with Gasteiger partial charge in [0.1, 0.15) is 0 Å². The lowest BCUT2D eigenvalue weighted by Crippen LogP contribution is -2.48. The van der Waals surface area contributed by atoms with E-state index in [0.29, 0.717) is 31.9 Å². The molecule has 3 aromatic rings. The first kappa shape index (κ1) is 19.6. The number of sulfonamides is 1. The van der Waals surface area contributed by atoms with Gasteiger partial charge in [0.25, 0.3) is 5.69 Å². The fourth-order valence-corrected chi connectivity index (χ4v) is 5.26. The van der Waals surface area contributed by atoms with Gasteiger partial charge in [0, 0.05) is 38.3 Å². The van der Waals surface area contributed by atoms with Gasteiger partial charge in [0.2, 0.25) is 10.0 Å². The Morgan fingerprint density at radius 2 is 1.59 bits per heavy atom. The van der Waals surface area contributed by atoms with Gasteiger partial charge in [-0.1, -0.05) is 41.9 Å². The molecule has 150 valence electrons. The summed E-state index contributed by atoms with van der Waals surface area (Å²) < 4.78 is 27.6. The Hall–Kier alpha value is -2.68. The number of piperazine rings is 1. The van der Waals surface area contributed by atoms with E-state index in [9.17, 15) is 18.5 Å². The average molecular weight is 432 g/mol. The molecule has 0 unspecified atom stereocenters. The Kier molecular flexibility index (Phi) is 5.16. The lowest BCUT2D eigenvalue weighted by atomic mass is 10.1. The van der Waals surface area contributed by atoms with Gasteiger partial charge < -0.3 is 4.90 Å². The number of nitrogens with zero attached hydrogens (tertiary/aromatic N) is 3. The maximum Gasteiger partial charge on any atom is 0.271 e. The van der Waals surface area contributed by atoms with Gasteiger partial charge in [-0.3, -0.25) is 10.1 Å². The minimum Gasteiger partial charge on any atom is -0.368 e. The number of anilines is 1. The van der Waals surface area contributed by atoms with Crippen molar-refractivity contribution in [3.05, 3.63) is 75.8 Å². The van der Waals surface area contributed by atoms with Crippen LogP contribution < -0.4 is 4.90 Å². The number of halogens is 1. The molecule has 29 heavy (non-hydrogen) atoms. The third-order valence-corrected chi connectivity index (χ3v) is 7.28. The van der Waals surface area contributed by atoms with Gasteiger partial charge in [-0.05, 0) is 29.0 Å². The van der Waals surface area contributed by atoms with Crippen LogP contribution in [0.3, 0.4) is 0 Å². The highest BCUT2D eigenvalue weighted by molar-refractivity contribution is 7.89. The summed E-state index contributed by atoms with van der Waals surface area (Å²) in [6.07, 6.45) is 0. The van der Waals surface area contributed by atoms with Crippen molar-refractivity contribution in [2.45, 2.75) is 4.90 Å². The Balaban J connectivity index is 1.52. The van der Waals surface area contributed by atoms with Crippen LogP contribution in [0.5, 0.6) is 0 Å². The molecule has 3 aromatic carbocycles. The summed E-state index contributed by atoms with van der Waals surface area (Å²) >= 11 is 6.21. The first-order valence-electron chi connectivity index (χ1n) is 9.04. The highest BCUT2D eigenvalue weighted by Gasteiger charge is 2.29. The summed E-state index contributed by atoms with van der Waals surface area (Å²) in [6.45, 7) is 1.51. The summed E-state index contributed by atoms with van der Waals surface area (Å²) in [5.41, 5.74) is 0.594. The molecule has 1 heterocycles. The van der Waals surface area contributed by atoms with Gasteiger partial charge in [0.05, 0.1) is 20.5 Å². The van der Waals surface area contributed by atoms with Gasteiger partial charge in [0.15, 0.2) is 0 Å². The van der Waals surface area contributed by atoms with Crippen LogP contribution in [0, 0.1) is 10.1 Å². The minimum atomic E-state index is -3.60. The van der Waals surface area contributed by atoms with Gasteiger partial charge in [-0.2, -0.15) is 4.31 Å². The fourth-order valence-electron chi connectivity index (χ4n) is 3.51. The summed E-state index contributed by atoms with van der Waals surface area (Å²) in [5, 5.41) is 13.0. The SMILES string of the molecule is O=[N+]([O-])c1ccc(N2CCN(S(=O)(=O)c3ccc4ccccc4c3)CC2)c(Cl)c1. The van der Waals surface area contributed by atoms with E-state index in [2.05, 4.69) is 0 Å². The van der Waals surface area contributed by atoms with Crippen LogP contribution in [-0.2, 0) is 10.0 Å². The quantitative estimate of drug-likeness (QED) is 0.462. The first-order valence-corrected chi connectivity index (χ1v) is 10.9. The second-order valence-corrected chi connectivity index (χ2v) is 9.14. The molecule has 7 nitrogen and oxygen atoms in total. The second kappa shape index (κ2) is 7.62. The standard InChI is InChI=1S/C20H18ClN3O4S/c21-19-14-17(24(25)26)6-8-20(19)22-9-11-23(12-10-22)29(27,28)18-7-5-15-3-1-2-4-16(15)13-18/h1-8,13-14H,9-12H2. The zero-order valence-corrected chi connectivity index (χ0v) is 16.9. The summed E-state index contributed by atoms with van der Waals surface area (Å²) in [4.78, 5) is 12.6. The number of nitro groups is 1. The molecule has 1 saturated heterocycles. The number of benzene rings is 3. The largest absolute Gasteiger partial charge is 0.368 e. The molecule has 0 aromatic heterocycles. The zero-order chi connectivity index (χ0) is 20.6. The predicted molar refractivity (Wildman–Crippen MR) is 113 cm³/mol. The highest BCUT2D eigenvalue weighted by atomic mass is 35.5. The monoisotopic (exact) mass is 431 g/mol. The number of hydrogen-bond donors (Lipinski definition) is 0. The molecule has 0 aliphatic carbocycles. The van der Waals surface area contributed by atoms with Crippen molar-refractivity contribution in [3.63, 3.8) is 0 Å². The van der Waals surface area contributed by atoms with E-state index in [0.717, 1.165) is 10.8 Å². The molecule has 0 bridgehead atoms. The van der Waals surface area contributed by atoms with Crippen LogP contribution in [0.2, 0.25) is 5.02 Å². The van der Waals surface area contributed by atoms with Crippen LogP contribution in [0.1, 0.15) is 0 Å². The third kappa shape index (κ3) is 3.78. The molecule has 0 saturated carbocycles. The van der Waals surface area contributed by atoms with Crippen LogP contribution in [0.25, 0.3) is 10.8 Å². The molecular weight excluding hydrogens is 414 g/mol. The van der Waals surface area contributed by atoms with Gasteiger partial charge in [-0.15, -0.1) is 0 Å². The Labute approximate surface area is 173 Å². The van der Waals surface area contributed by atoms with Crippen molar-refractivity contribution < 1.29 is 13.3 Å². The summed E-state index contributed by atoms with van der Waals surface area (Å²) in [5.74, 6) is 0.